The highest BCUT2D eigenvalue weighted by Gasteiger charge is 2.26. The molecule has 0 heterocycles. The Labute approximate surface area is 133 Å². The number of carbonyl (C=O) groups excluding carboxylic acids is 1. The summed E-state index contributed by atoms with van der Waals surface area (Å²) in [5.41, 5.74) is -0.806. The number of benzene rings is 2. The number of hydrogen-bond donors (Lipinski definition) is 0. The molecule has 0 unspecified atom stereocenters. The lowest BCUT2D eigenvalue weighted by Crippen LogP contribution is -2.10. The lowest BCUT2D eigenvalue weighted by Gasteiger charge is -2.13. The third kappa shape index (κ3) is 3.17. The predicted molar refractivity (Wildman–Crippen MR) is 73.6 cm³/mol. The van der Waals surface area contributed by atoms with E-state index in [0.717, 1.165) is 0 Å². The van der Waals surface area contributed by atoms with Crippen molar-refractivity contribution < 1.29 is 36.2 Å². The number of ketones is 1. The average Bonchev–Trinajstić information content (AvgIpc) is 2.58. The molecule has 0 atom stereocenters. The largest absolute Gasteiger partial charge is 0.493 e. The van der Waals surface area contributed by atoms with Crippen LogP contribution in [0.1, 0.15) is 22.8 Å². The summed E-state index contributed by atoms with van der Waals surface area (Å²) in [6, 6.07) is 4.00. The van der Waals surface area contributed by atoms with Crippen molar-refractivity contribution >= 4 is 5.78 Å². The molecule has 0 aliphatic carbocycles. The maximum Gasteiger partial charge on any atom is 0.200 e. The Morgan fingerprint density at radius 1 is 0.917 bits per heavy atom. The number of hydrogen-bond acceptors (Lipinski definition) is 3. The maximum atomic E-state index is 13.6. The zero-order valence-electron chi connectivity index (χ0n) is 12.6. The molecule has 0 spiro atoms. The van der Waals surface area contributed by atoms with Gasteiger partial charge in [-0.3, -0.25) is 4.79 Å². The molecule has 2 aromatic rings. The summed E-state index contributed by atoms with van der Waals surface area (Å²) in [7, 11) is 1.27. The van der Waals surface area contributed by atoms with E-state index in [1.165, 1.54) is 32.2 Å². The first-order valence-corrected chi connectivity index (χ1v) is 6.60. The molecule has 0 amide bonds. The molecule has 0 aliphatic heterocycles. The summed E-state index contributed by atoms with van der Waals surface area (Å²) in [6.45, 7) is 0.408. The van der Waals surface area contributed by atoms with E-state index in [2.05, 4.69) is 0 Å². The summed E-state index contributed by atoms with van der Waals surface area (Å²) in [6.07, 6.45) is 0. The van der Waals surface area contributed by atoms with Crippen molar-refractivity contribution in [1.82, 2.24) is 0 Å². The monoisotopic (exact) mass is 346 g/mol. The van der Waals surface area contributed by atoms with Gasteiger partial charge in [-0.15, -0.1) is 0 Å². The van der Waals surface area contributed by atoms with Gasteiger partial charge in [0, 0.05) is 5.56 Å². The van der Waals surface area contributed by atoms with Gasteiger partial charge in [-0.05, 0) is 25.1 Å². The zero-order chi connectivity index (χ0) is 18.0. The first-order valence-electron chi connectivity index (χ1n) is 6.60. The smallest absolute Gasteiger partial charge is 0.200 e. The molecule has 2 aromatic carbocycles. The lowest BCUT2D eigenvalue weighted by atomic mass is 10.1. The van der Waals surface area contributed by atoms with Gasteiger partial charge in [0.05, 0.1) is 12.7 Å². The van der Waals surface area contributed by atoms with Gasteiger partial charge in [0.15, 0.2) is 40.6 Å². The van der Waals surface area contributed by atoms with Crippen molar-refractivity contribution in [3.63, 3.8) is 0 Å². The molecule has 0 bridgehead atoms. The van der Waals surface area contributed by atoms with Gasteiger partial charge in [-0.25, -0.2) is 22.0 Å². The van der Waals surface area contributed by atoms with Crippen molar-refractivity contribution in [2.24, 2.45) is 0 Å². The number of ether oxygens (including phenoxy) is 2. The first-order chi connectivity index (χ1) is 11.3. The Kier molecular flexibility index (Phi) is 5.06. The Balaban J connectivity index is 2.34. The molecule has 0 saturated carbocycles. The highest BCUT2D eigenvalue weighted by molar-refractivity contribution is 5.94. The van der Waals surface area contributed by atoms with E-state index >= 15 is 0 Å². The number of Topliss-reactive ketones (excluding diaryl/α,β-unsaturated/α-hetero) is 1. The minimum atomic E-state index is -2.24. The fraction of sp³-hybridized carbons (Fsp3) is 0.188. The molecule has 0 N–H and O–H groups in total. The van der Waals surface area contributed by atoms with Crippen LogP contribution in [0.4, 0.5) is 22.0 Å². The van der Waals surface area contributed by atoms with Crippen molar-refractivity contribution in [2.45, 2.75) is 13.5 Å². The molecule has 24 heavy (non-hydrogen) atoms. The van der Waals surface area contributed by atoms with Gasteiger partial charge in [0.1, 0.15) is 6.61 Å². The third-order valence-corrected chi connectivity index (χ3v) is 3.24. The van der Waals surface area contributed by atoms with Gasteiger partial charge < -0.3 is 9.47 Å². The molecule has 3 nitrogen and oxygen atoms in total. The molecule has 0 radical (unpaired) electrons. The molecule has 2 rings (SSSR count). The van der Waals surface area contributed by atoms with E-state index < -0.39 is 41.3 Å². The van der Waals surface area contributed by atoms with Gasteiger partial charge in [-0.1, -0.05) is 0 Å². The predicted octanol–water partition coefficient (Wildman–Crippen LogP) is 4.17. The van der Waals surface area contributed by atoms with Gasteiger partial charge >= 0.3 is 0 Å². The van der Waals surface area contributed by atoms with Gasteiger partial charge in [0.25, 0.3) is 0 Å². The van der Waals surface area contributed by atoms with Crippen LogP contribution in [0.2, 0.25) is 0 Å². The Bertz CT molecular complexity index is 776. The van der Waals surface area contributed by atoms with Gasteiger partial charge in [0.2, 0.25) is 5.82 Å². The van der Waals surface area contributed by atoms with Crippen molar-refractivity contribution in [3.8, 4) is 11.5 Å². The first kappa shape index (κ1) is 17.7. The van der Waals surface area contributed by atoms with Crippen LogP contribution in [0.15, 0.2) is 18.2 Å². The van der Waals surface area contributed by atoms with E-state index in [-0.39, 0.29) is 17.3 Å². The van der Waals surface area contributed by atoms with Crippen LogP contribution in [-0.4, -0.2) is 12.9 Å². The van der Waals surface area contributed by atoms with E-state index in [9.17, 15) is 26.7 Å². The fourth-order valence-electron chi connectivity index (χ4n) is 1.93. The van der Waals surface area contributed by atoms with Crippen LogP contribution in [0.5, 0.6) is 11.5 Å². The molecule has 0 fully saturated rings. The standard InChI is InChI=1S/C16H11F5O3/c1-7(22)8-3-4-10(11(5-8)23-2)24-6-9-12(17)14(19)16(21)15(20)13(9)18/h3-5H,6H2,1-2H3. The minimum Gasteiger partial charge on any atom is -0.493 e. The highest BCUT2D eigenvalue weighted by atomic mass is 19.2. The van der Waals surface area contributed by atoms with E-state index in [1.54, 1.807) is 0 Å². The van der Waals surface area contributed by atoms with Crippen LogP contribution in [0, 0.1) is 29.1 Å². The van der Waals surface area contributed by atoms with Crippen molar-refractivity contribution in [1.29, 1.82) is 0 Å². The molecule has 0 aromatic heterocycles. The summed E-state index contributed by atoms with van der Waals surface area (Å²) in [5, 5.41) is 0. The van der Waals surface area contributed by atoms with E-state index in [1.807, 2.05) is 0 Å². The van der Waals surface area contributed by atoms with Crippen LogP contribution < -0.4 is 9.47 Å². The van der Waals surface area contributed by atoms with E-state index in [0.29, 0.717) is 5.56 Å². The molecular formula is C16H11F5O3. The Hall–Kier alpha value is -2.64. The number of methoxy groups -OCH3 is 1. The molecule has 8 heteroatoms. The third-order valence-electron chi connectivity index (χ3n) is 3.24. The second-order valence-corrected chi connectivity index (χ2v) is 4.76. The summed E-state index contributed by atoms with van der Waals surface area (Å²) in [4.78, 5) is 11.3. The van der Waals surface area contributed by atoms with Crippen molar-refractivity contribution in [3.05, 3.63) is 58.4 Å². The summed E-state index contributed by atoms with van der Waals surface area (Å²) >= 11 is 0. The van der Waals surface area contributed by atoms with Crippen LogP contribution in [0.25, 0.3) is 0 Å². The molecule has 0 saturated heterocycles. The van der Waals surface area contributed by atoms with Crippen LogP contribution in [0.3, 0.4) is 0 Å². The van der Waals surface area contributed by atoms with E-state index in [4.69, 9.17) is 9.47 Å². The summed E-state index contributed by atoms with van der Waals surface area (Å²) in [5.74, 6) is -10.5. The second-order valence-electron chi connectivity index (χ2n) is 4.76. The second kappa shape index (κ2) is 6.86. The normalized spacial score (nSPS) is 10.6. The average molecular weight is 346 g/mol. The molecule has 128 valence electrons. The van der Waals surface area contributed by atoms with Crippen LogP contribution >= 0.6 is 0 Å². The SMILES string of the molecule is COc1cc(C(C)=O)ccc1OCc1c(F)c(F)c(F)c(F)c1F. The van der Waals surface area contributed by atoms with Crippen molar-refractivity contribution in [2.75, 3.05) is 7.11 Å². The highest BCUT2D eigenvalue weighted by Crippen LogP contribution is 2.30. The lowest BCUT2D eigenvalue weighted by molar-refractivity contribution is 0.101. The number of halogens is 5. The minimum absolute atomic E-state index is 0.0218. The maximum absolute atomic E-state index is 13.6. The molecular weight excluding hydrogens is 335 g/mol. The number of carbonyl (C=O) groups is 1. The number of rotatable bonds is 5. The van der Waals surface area contributed by atoms with Gasteiger partial charge in [-0.2, -0.15) is 0 Å². The Morgan fingerprint density at radius 2 is 1.46 bits per heavy atom. The topological polar surface area (TPSA) is 35.5 Å². The quantitative estimate of drug-likeness (QED) is 0.353. The Morgan fingerprint density at radius 3 is 1.96 bits per heavy atom. The van der Waals surface area contributed by atoms with Crippen LogP contribution in [-0.2, 0) is 6.61 Å². The zero-order valence-corrected chi connectivity index (χ0v) is 12.6. The summed E-state index contributed by atoms with van der Waals surface area (Å²) < 4.78 is 76.5. The molecule has 0 aliphatic rings. The fourth-order valence-corrected chi connectivity index (χ4v) is 1.93.